The molecule has 27 heavy (non-hydrogen) atoms. The number of rotatable bonds is 6. The Kier molecular flexibility index (Phi) is 7.17. The molecule has 0 spiro atoms. The Morgan fingerprint density at radius 3 is 2.22 bits per heavy atom. The van der Waals surface area contributed by atoms with Crippen LogP contribution >= 0.6 is 11.6 Å². The summed E-state index contributed by atoms with van der Waals surface area (Å²) in [6.07, 6.45) is 9.71. The summed E-state index contributed by atoms with van der Waals surface area (Å²) in [5.41, 5.74) is 2.01. The van der Waals surface area contributed by atoms with Gasteiger partial charge in [0.15, 0.2) is 0 Å². The Labute approximate surface area is 167 Å². The predicted molar refractivity (Wildman–Crippen MR) is 109 cm³/mol. The fourth-order valence-corrected chi connectivity index (χ4v) is 4.66. The average molecular weight is 391 g/mol. The maximum atomic E-state index is 13.4. The van der Waals surface area contributed by atoms with Crippen molar-refractivity contribution in [2.75, 3.05) is 5.88 Å². The third kappa shape index (κ3) is 5.04. The summed E-state index contributed by atoms with van der Waals surface area (Å²) in [4.78, 5) is 27.9. The van der Waals surface area contributed by atoms with Crippen LogP contribution in [0.2, 0.25) is 0 Å². The van der Waals surface area contributed by atoms with Crippen LogP contribution in [0.4, 0.5) is 0 Å². The highest BCUT2D eigenvalue weighted by atomic mass is 35.5. The van der Waals surface area contributed by atoms with Gasteiger partial charge >= 0.3 is 0 Å². The molecule has 148 valence electrons. The van der Waals surface area contributed by atoms with E-state index >= 15 is 0 Å². The molecule has 1 unspecified atom stereocenters. The van der Waals surface area contributed by atoms with E-state index in [4.69, 9.17) is 11.6 Å². The van der Waals surface area contributed by atoms with Crippen molar-refractivity contribution >= 4 is 23.4 Å². The van der Waals surface area contributed by atoms with E-state index in [-0.39, 0.29) is 29.8 Å². The van der Waals surface area contributed by atoms with E-state index in [1.165, 1.54) is 6.42 Å². The first-order valence-electron chi connectivity index (χ1n) is 10.3. The number of hydrogen-bond donors (Lipinski definition) is 1. The quantitative estimate of drug-likeness (QED) is 0.727. The van der Waals surface area contributed by atoms with Crippen LogP contribution in [0.3, 0.4) is 0 Å². The standard InChI is InChI=1S/C22H31ClN2O2/c1-16-11-13-17(14-12-16)21(22(27)24-18-7-3-2-4-8-18)25(20(26)15-23)19-9-5-6-10-19/h11-14,18-19,21H,2-10,15H2,1H3,(H,24,27). The van der Waals surface area contributed by atoms with E-state index in [1.54, 1.807) is 4.90 Å². The predicted octanol–water partition coefficient (Wildman–Crippen LogP) is 4.50. The second-order valence-corrected chi connectivity index (χ2v) is 8.30. The minimum absolute atomic E-state index is 0.0591. The lowest BCUT2D eigenvalue weighted by Crippen LogP contribution is -2.50. The SMILES string of the molecule is Cc1ccc(C(C(=O)NC2CCCCC2)N(C(=O)CCl)C2CCCC2)cc1. The van der Waals surface area contributed by atoms with Crippen LogP contribution in [0.5, 0.6) is 0 Å². The Bertz CT molecular complexity index is 634. The summed E-state index contributed by atoms with van der Waals surface area (Å²) in [5, 5.41) is 3.24. The maximum Gasteiger partial charge on any atom is 0.247 e. The molecule has 1 N–H and O–H groups in total. The van der Waals surface area contributed by atoms with Gasteiger partial charge in [0.05, 0.1) is 0 Å². The number of benzene rings is 1. The van der Waals surface area contributed by atoms with Gasteiger partial charge in [-0.1, -0.05) is 61.9 Å². The molecule has 2 aliphatic carbocycles. The lowest BCUT2D eigenvalue weighted by molar-refractivity contribution is -0.142. The number of hydrogen-bond acceptors (Lipinski definition) is 2. The molecule has 2 aliphatic rings. The van der Waals surface area contributed by atoms with Gasteiger partial charge in [-0.05, 0) is 38.2 Å². The number of nitrogens with zero attached hydrogens (tertiary/aromatic N) is 1. The molecule has 5 heteroatoms. The van der Waals surface area contributed by atoms with Crippen molar-refractivity contribution in [3.63, 3.8) is 0 Å². The van der Waals surface area contributed by atoms with Gasteiger partial charge in [0.2, 0.25) is 11.8 Å². The van der Waals surface area contributed by atoms with Gasteiger partial charge < -0.3 is 10.2 Å². The van der Waals surface area contributed by atoms with Crippen LogP contribution in [0, 0.1) is 6.92 Å². The van der Waals surface area contributed by atoms with Crippen molar-refractivity contribution < 1.29 is 9.59 Å². The highest BCUT2D eigenvalue weighted by molar-refractivity contribution is 6.27. The molecule has 3 rings (SSSR count). The highest BCUT2D eigenvalue weighted by Gasteiger charge is 2.37. The first-order valence-corrected chi connectivity index (χ1v) is 10.9. The smallest absolute Gasteiger partial charge is 0.247 e. The summed E-state index contributed by atoms with van der Waals surface area (Å²) >= 11 is 5.96. The Balaban J connectivity index is 1.90. The second-order valence-electron chi connectivity index (χ2n) is 8.03. The van der Waals surface area contributed by atoms with Crippen LogP contribution in [-0.4, -0.2) is 34.7 Å². The summed E-state index contributed by atoms with van der Waals surface area (Å²) in [6.45, 7) is 2.03. The van der Waals surface area contributed by atoms with Crippen LogP contribution in [0.1, 0.15) is 75.0 Å². The molecule has 2 amide bonds. The molecule has 0 heterocycles. The van der Waals surface area contributed by atoms with E-state index in [9.17, 15) is 9.59 Å². The zero-order valence-corrected chi connectivity index (χ0v) is 17.0. The molecule has 0 bridgehead atoms. The summed E-state index contributed by atoms with van der Waals surface area (Å²) in [7, 11) is 0. The minimum Gasteiger partial charge on any atom is -0.351 e. The van der Waals surface area contributed by atoms with Crippen molar-refractivity contribution in [1.82, 2.24) is 10.2 Å². The van der Waals surface area contributed by atoms with E-state index in [2.05, 4.69) is 5.32 Å². The maximum absolute atomic E-state index is 13.4. The molecule has 2 saturated carbocycles. The number of alkyl halides is 1. The van der Waals surface area contributed by atoms with E-state index < -0.39 is 6.04 Å². The Morgan fingerprint density at radius 2 is 1.63 bits per heavy atom. The molecule has 0 saturated heterocycles. The van der Waals surface area contributed by atoms with Gasteiger partial charge in [0, 0.05) is 12.1 Å². The Hall–Kier alpha value is -1.55. The third-order valence-electron chi connectivity index (χ3n) is 5.99. The van der Waals surface area contributed by atoms with Crippen LogP contribution < -0.4 is 5.32 Å². The van der Waals surface area contributed by atoms with Crippen LogP contribution in [0.15, 0.2) is 24.3 Å². The van der Waals surface area contributed by atoms with Gasteiger partial charge in [-0.3, -0.25) is 9.59 Å². The van der Waals surface area contributed by atoms with Gasteiger partial charge in [-0.25, -0.2) is 0 Å². The van der Waals surface area contributed by atoms with Crippen molar-refractivity contribution in [1.29, 1.82) is 0 Å². The lowest BCUT2D eigenvalue weighted by Gasteiger charge is -2.37. The lowest BCUT2D eigenvalue weighted by atomic mass is 9.94. The molecular formula is C22H31ClN2O2. The van der Waals surface area contributed by atoms with Crippen molar-refractivity contribution in [3.05, 3.63) is 35.4 Å². The summed E-state index contributed by atoms with van der Waals surface area (Å²) < 4.78 is 0. The minimum atomic E-state index is -0.595. The Morgan fingerprint density at radius 1 is 1.04 bits per heavy atom. The van der Waals surface area contributed by atoms with Gasteiger partial charge in [0.25, 0.3) is 0 Å². The largest absolute Gasteiger partial charge is 0.351 e. The van der Waals surface area contributed by atoms with E-state index in [0.717, 1.165) is 62.5 Å². The summed E-state index contributed by atoms with van der Waals surface area (Å²) in [6, 6.07) is 7.69. The second kappa shape index (κ2) is 9.59. The average Bonchev–Trinajstić information content (AvgIpc) is 3.21. The first-order chi connectivity index (χ1) is 13.1. The fraction of sp³-hybridized carbons (Fsp3) is 0.636. The molecule has 2 fully saturated rings. The molecule has 1 atom stereocenters. The monoisotopic (exact) mass is 390 g/mol. The van der Waals surface area contributed by atoms with Gasteiger partial charge in [-0.15, -0.1) is 11.6 Å². The van der Waals surface area contributed by atoms with Gasteiger partial charge in [0.1, 0.15) is 11.9 Å². The van der Waals surface area contributed by atoms with E-state index in [0.29, 0.717) is 0 Å². The number of carbonyl (C=O) groups is 2. The third-order valence-corrected chi connectivity index (χ3v) is 6.22. The molecule has 1 aromatic rings. The zero-order chi connectivity index (χ0) is 19.2. The summed E-state index contributed by atoms with van der Waals surface area (Å²) in [5.74, 6) is -0.292. The zero-order valence-electron chi connectivity index (χ0n) is 16.3. The molecule has 0 aromatic heterocycles. The molecule has 4 nitrogen and oxygen atoms in total. The van der Waals surface area contributed by atoms with Crippen LogP contribution in [0.25, 0.3) is 0 Å². The van der Waals surface area contributed by atoms with Crippen molar-refractivity contribution in [3.8, 4) is 0 Å². The molecule has 0 radical (unpaired) electrons. The van der Waals surface area contributed by atoms with Gasteiger partial charge in [-0.2, -0.15) is 0 Å². The number of aryl methyl sites for hydroxylation is 1. The highest BCUT2D eigenvalue weighted by Crippen LogP contribution is 2.32. The topological polar surface area (TPSA) is 49.4 Å². The fourth-order valence-electron chi connectivity index (χ4n) is 4.52. The van der Waals surface area contributed by atoms with Crippen molar-refractivity contribution in [2.24, 2.45) is 0 Å². The molecular weight excluding hydrogens is 360 g/mol. The number of halogens is 1. The number of amides is 2. The normalized spacial score (nSPS) is 19.6. The number of carbonyl (C=O) groups excluding carboxylic acids is 2. The number of nitrogens with one attached hydrogen (secondary N) is 1. The van der Waals surface area contributed by atoms with Crippen molar-refractivity contribution in [2.45, 2.75) is 82.8 Å². The molecule has 1 aromatic carbocycles. The molecule has 0 aliphatic heterocycles. The first kappa shape index (κ1) is 20.2. The van der Waals surface area contributed by atoms with E-state index in [1.807, 2.05) is 31.2 Å². The van der Waals surface area contributed by atoms with Crippen LogP contribution in [-0.2, 0) is 9.59 Å².